The lowest BCUT2D eigenvalue weighted by molar-refractivity contribution is 0.106. The average molecular weight is 271 g/mol. The van der Waals surface area contributed by atoms with Gasteiger partial charge in [-0.25, -0.2) is 0 Å². The molecule has 3 heteroatoms. The highest BCUT2D eigenvalue weighted by atomic mass is 16.5. The maximum absolute atomic E-state index is 9.48. The van der Waals surface area contributed by atoms with E-state index in [0.717, 1.165) is 26.1 Å². The molecule has 1 saturated carbocycles. The molecule has 1 fully saturated rings. The molecule has 1 rings (SSSR count). The van der Waals surface area contributed by atoms with Crippen molar-refractivity contribution >= 4 is 0 Å². The highest BCUT2D eigenvalue weighted by molar-refractivity contribution is 4.92. The molecule has 19 heavy (non-hydrogen) atoms. The number of rotatable bonds is 13. The molecule has 0 spiro atoms. The van der Waals surface area contributed by atoms with E-state index < -0.39 is 0 Å². The summed E-state index contributed by atoms with van der Waals surface area (Å²) < 4.78 is 5.66. The molecule has 0 bridgehead atoms. The van der Waals surface area contributed by atoms with Gasteiger partial charge in [0.2, 0.25) is 0 Å². The van der Waals surface area contributed by atoms with Crippen molar-refractivity contribution in [2.24, 2.45) is 0 Å². The number of ether oxygens (including phenoxy) is 1. The minimum absolute atomic E-state index is 0.106. The third-order valence-corrected chi connectivity index (χ3v) is 3.89. The van der Waals surface area contributed by atoms with Crippen molar-refractivity contribution in [2.75, 3.05) is 19.8 Å². The monoisotopic (exact) mass is 271 g/mol. The summed E-state index contributed by atoms with van der Waals surface area (Å²) in [6.45, 7) is 6.31. The van der Waals surface area contributed by atoms with Gasteiger partial charge in [0.1, 0.15) is 0 Å². The van der Waals surface area contributed by atoms with Crippen LogP contribution in [-0.2, 0) is 4.74 Å². The largest absolute Gasteiger partial charge is 0.394 e. The Hall–Kier alpha value is -0.120. The van der Waals surface area contributed by atoms with Crippen LogP contribution >= 0.6 is 0 Å². The molecule has 1 aliphatic carbocycles. The SMILES string of the molecule is CCCCCCCOCCCC(C)(CO)NC1CC1. The zero-order chi connectivity index (χ0) is 14.0. The van der Waals surface area contributed by atoms with Crippen molar-refractivity contribution in [2.45, 2.75) is 83.2 Å². The molecule has 0 heterocycles. The lowest BCUT2D eigenvalue weighted by Crippen LogP contribution is -2.47. The normalized spacial score (nSPS) is 18.5. The molecule has 0 aliphatic heterocycles. The van der Waals surface area contributed by atoms with Gasteiger partial charge in [-0.2, -0.15) is 0 Å². The predicted octanol–water partition coefficient (Wildman–Crippen LogP) is 3.26. The van der Waals surface area contributed by atoms with Crippen LogP contribution in [0.15, 0.2) is 0 Å². The Kier molecular flexibility index (Phi) is 8.67. The molecule has 0 aromatic carbocycles. The van der Waals surface area contributed by atoms with Gasteiger partial charge in [-0.3, -0.25) is 0 Å². The van der Waals surface area contributed by atoms with Crippen molar-refractivity contribution in [1.29, 1.82) is 0 Å². The Morgan fingerprint density at radius 2 is 1.79 bits per heavy atom. The number of nitrogens with one attached hydrogen (secondary N) is 1. The van der Waals surface area contributed by atoms with Gasteiger partial charge in [0.25, 0.3) is 0 Å². The number of hydrogen-bond donors (Lipinski definition) is 2. The molecule has 1 unspecified atom stereocenters. The van der Waals surface area contributed by atoms with E-state index in [9.17, 15) is 5.11 Å². The number of aliphatic hydroxyl groups excluding tert-OH is 1. The molecule has 0 aromatic heterocycles. The number of unbranched alkanes of at least 4 members (excludes halogenated alkanes) is 4. The van der Waals surface area contributed by atoms with Gasteiger partial charge in [0.15, 0.2) is 0 Å². The van der Waals surface area contributed by atoms with E-state index in [2.05, 4.69) is 19.2 Å². The van der Waals surface area contributed by atoms with E-state index in [1.807, 2.05) is 0 Å². The molecule has 1 aliphatic rings. The molecule has 114 valence electrons. The van der Waals surface area contributed by atoms with Crippen LogP contribution in [-0.4, -0.2) is 36.5 Å². The first-order chi connectivity index (χ1) is 9.20. The fourth-order valence-electron chi connectivity index (χ4n) is 2.39. The maximum Gasteiger partial charge on any atom is 0.0610 e. The van der Waals surface area contributed by atoms with E-state index in [4.69, 9.17) is 4.74 Å². The zero-order valence-corrected chi connectivity index (χ0v) is 12.9. The van der Waals surface area contributed by atoms with Crippen LogP contribution in [0.4, 0.5) is 0 Å². The summed E-state index contributed by atoms with van der Waals surface area (Å²) in [5.74, 6) is 0. The Bertz CT molecular complexity index is 219. The molecule has 0 saturated heterocycles. The van der Waals surface area contributed by atoms with E-state index in [1.54, 1.807) is 0 Å². The summed E-state index contributed by atoms with van der Waals surface area (Å²) in [6, 6.07) is 0.650. The van der Waals surface area contributed by atoms with E-state index in [0.29, 0.717) is 6.04 Å². The fourth-order valence-corrected chi connectivity index (χ4v) is 2.39. The Morgan fingerprint density at radius 1 is 1.11 bits per heavy atom. The summed E-state index contributed by atoms with van der Waals surface area (Å²) in [5.41, 5.74) is -0.106. The molecule has 3 nitrogen and oxygen atoms in total. The van der Waals surface area contributed by atoms with Crippen molar-refractivity contribution in [3.63, 3.8) is 0 Å². The topological polar surface area (TPSA) is 41.5 Å². The summed E-state index contributed by atoms with van der Waals surface area (Å²) in [6.07, 6.45) is 11.0. The Labute approximate surface area is 119 Å². The van der Waals surface area contributed by atoms with Crippen molar-refractivity contribution < 1.29 is 9.84 Å². The average Bonchev–Trinajstić information content (AvgIpc) is 3.20. The van der Waals surface area contributed by atoms with Gasteiger partial charge in [-0.05, 0) is 39.0 Å². The van der Waals surface area contributed by atoms with Crippen molar-refractivity contribution in [3.8, 4) is 0 Å². The summed E-state index contributed by atoms with van der Waals surface area (Å²) in [5, 5.41) is 13.0. The minimum atomic E-state index is -0.106. The first kappa shape index (κ1) is 16.9. The summed E-state index contributed by atoms with van der Waals surface area (Å²) in [4.78, 5) is 0. The highest BCUT2D eigenvalue weighted by Gasteiger charge is 2.31. The Balaban J connectivity index is 1.90. The van der Waals surface area contributed by atoms with E-state index in [1.165, 1.54) is 44.9 Å². The molecule has 0 radical (unpaired) electrons. The predicted molar refractivity (Wildman–Crippen MR) is 80.5 cm³/mol. The van der Waals surface area contributed by atoms with Gasteiger partial charge in [-0.15, -0.1) is 0 Å². The second-order valence-corrected chi connectivity index (χ2v) is 6.27. The number of hydrogen-bond acceptors (Lipinski definition) is 3. The molecular formula is C16H33NO2. The summed E-state index contributed by atoms with van der Waals surface area (Å²) >= 11 is 0. The highest BCUT2D eigenvalue weighted by Crippen LogP contribution is 2.24. The molecule has 1 atom stereocenters. The second-order valence-electron chi connectivity index (χ2n) is 6.27. The minimum Gasteiger partial charge on any atom is -0.394 e. The lowest BCUT2D eigenvalue weighted by Gasteiger charge is -2.29. The quantitative estimate of drug-likeness (QED) is 0.505. The second kappa shape index (κ2) is 9.73. The number of aliphatic hydroxyl groups is 1. The van der Waals surface area contributed by atoms with Gasteiger partial charge < -0.3 is 15.2 Å². The van der Waals surface area contributed by atoms with Crippen LogP contribution in [0.2, 0.25) is 0 Å². The zero-order valence-electron chi connectivity index (χ0n) is 12.9. The lowest BCUT2D eigenvalue weighted by atomic mass is 9.97. The third kappa shape index (κ3) is 8.61. The van der Waals surface area contributed by atoms with Gasteiger partial charge in [-0.1, -0.05) is 32.6 Å². The van der Waals surface area contributed by atoms with Crippen LogP contribution in [0.1, 0.15) is 71.6 Å². The molecule has 0 amide bonds. The first-order valence-electron chi connectivity index (χ1n) is 8.16. The van der Waals surface area contributed by atoms with Crippen LogP contribution in [0, 0.1) is 0 Å². The third-order valence-electron chi connectivity index (χ3n) is 3.89. The van der Waals surface area contributed by atoms with Gasteiger partial charge >= 0.3 is 0 Å². The first-order valence-corrected chi connectivity index (χ1v) is 8.16. The molecule has 2 N–H and O–H groups in total. The van der Waals surface area contributed by atoms with E-state index in [-0.39, 0.29) is 12.1 Å². The summed E-state index contributed by atoms with van der Waals surface area (Å²) in [7, 11) is 0. The fraction of sp³-hybridized carbons (Fsp3) is 1.00. The van der Waals surface area contributed by atoms with Crippen LogP contribution in [0.25, 0.3) is 0 Å². The van der Waals surface area contributed by atoms with Crippen molar-refractivity contribution in [1.82, 2.24) is 5.32 Å². The van der Waals surface area contributed by atoms with Crippen LogP contribution < -0.4 is 5.32 Å². The van der Waals surface area contributed by atoms with E-state index >= 15 is 0 Å². The van der Waals surface area contributed by atoms with Gasteiger partial charge in [0, 0.05) is 24.8 Å². The smallest absolute Gasteiger partial charge is 0.0610 e. The van der Waals surface area contributed by atoms with Crippen molar-refractivity contribution in [3.05, 3.63) is 0 Å². The van der Waals surface area contributed by atoms with Crippen LogP contribution in [0.3, 0.4) is 0 Å². The maximum atomic E-state index is 9.48. The molecular weight excluding hydrogens is 238 g/mol. The Morgan fingerprint density at radius 3 is 2.42 bits per heavy atom. The van der Waals surface area contributed by atoms with Gasteiger partial charge in [0.05, 0.1) is 6.61 Å². The standard InChI is InChI=1S/C16H33NO2/c1-3-4-5-6-7-12-19-13-8-11-16(2,14-18)17-15-9-10-15/h15,17-18H,3-14H2,1-2H3. The van der Waals surface area contributed by atoms with Crippen LogP contribution in [0.5, 0.6) is 0 Å². The molecule has 0 aromatic rings.